The van der Waals surface area contributed by atoms with Crippen molar-refractivity contribution >= 4 is 0 Å². The maximum Gasteiger partial charge on any atom is 0.228 e. The van der Waals surface area contributed by atoms with Crippen LogP contribution in [-0.4, -0.2) is 14.9 Å². The van der Waals surface area contributed by atoms with Crippen molar-refractivity contribution in [3.05, 3.63) is 56.2 Å². The number of aromatic nitrogens is 2. The summed E-state index contributed by atoms with van der Waals surface area (Å²) in [4.78, 5) is 12.3. The van der Waals surface area contributed by atoms with Crippen LogP contribution in [0.5, 0.6) is 5.75 Å². The molecule has 1 atom stereocenters. The van der Waals surface area contributed by atoms with Gasteiger partial charge in [-0.25, -0.2) is 0 Å². The minimum absolute atomic E-state index is 0.0728. The highest BCUT2D eigenvalue weighted by atomic mass is 16.5. The van der Waals surface area contributed by atoms with Gasteiger partial charge in [0.15, 0.2) is 5.76 Å². The van der Waals surface area contributed by atoms with E-state index >= 15 is 0 Å². The summed E-state index contributed by atoms with van der Waals surface area (Å²) in [6, 6.07) is 3.17. The monoisotopic (exact) mass is 328 g/mol. The van der Waals surface area contributed by atoms with E-state index in [9.17, 15) is 15.2 Å². The van der Waals surface area contributed by atoms with E-state index in [-0.39, 0.29) is 28.7 Å². The van der Waals surface area contributed by atoms with Gasteiger partial charge >= 0.3 is 0 Å². The van der Waals surface area contributed by atoms with Gasteiger partial charge in [-0.15, -0.1) is 0 Å². The smallest absolute Gasteiger partial charge is 0.228 e. The summed E-state index contributed by atoms with van der Waals surface area (Å²) < 4.78 is 12.6. The minimum Gasteiger partial charge on any atom is -0.458 e. The Balaban J connectivity index is 2.37. The molecule has 0 fully saturated rings. The van der Waals surface area contributed by atoms with Crippen molar-refractivity contribution in [3.63, 3.8) is 0 Å². The maximum absolute atomic E-state index is 12.3. The van der Waals surface area contributed by atoms with Gasteiger partial charge in [0.2, 0.25) is 17.1 Å². The van der Waals surface area contributed by atoms with Crippen LogP contribution >= 0.6 is 0 Å². The fraction of sp³-hybridized carbons (Fsp3) is 0.312. The third-order valence-electron chi connectivity index (χ3n) is 4.14. The lowest BCUT2D eigenvalue weighted by atomic mass is 9.86. The normalized spacial score (nSPS) is 16.5. The quantitative estimate of drug-likeness (QED) is 0.830. The molecule has 1 unspecified atom stereocenters. The Morgan fingerprint density at radius 3 is 2.75 bits per heavy atom. The lowest BCUT2D eigenvalue weighted by Crippen LogP contribution is -2.26. The highest BCUT2D eigenvalue weighted by molar-refractivity contribution is 5.54. The maximum atomic E-state index is 12.3. The van der Waals surface area contributed by atoms with Crippen molar-refractivity contribution in [3.8, 4) is 11.8 Å². The Bertz CT molecular complexity index is 962. The molecule has 2 aromatic rings. The average molecular weight is 328 g/mol. The molecule has 0 aromatic carbocycles. The molecule has 124 valence electrons. The van der Waals surface area contributed by atoms with Gasteiger partial charge in [-0.3, -0.25) is 9.48 Å². The first-order chi connectivity index (χ1) is 11.4. The van der Waals surface area contributed by atoms with Crippen molar-refractivity contribution < 1.29 is 14.3 Å². The van der Waals surface area contributed by atoms with Crippen molar-refractivity contribution in [1.82, 2.24) is 9.78 Å². The zero-order valence-corrected chi connectivity index (χ0v) is 13.5. The molecule has 3 N–H and O–H groups in total. The van der Waals surface area contributed by atoms with Crippen LogP contribution < -0.4 is 15.9 Å². The summed E-state index contributed by atoms with van der Waals surface area (Å²) in [7, 11) is 1.78. The van der Waals surface area contributed by atoms with Gasteiger partial charge in [-0.1, -0.05) is 0 Å². The minimum atomic E-state index is -0.716. The molecule has 0 saturated carbocycles. The number of ether oxygens (including phenoxy) is 1. The number of nitrogens with zero attached hydrogens (tertiary/aromatic N) is 3. The van der Waals surface area contributed by atoms with Gasteiger partial charge in [-0.05, 0) is 13.8 Å². The molecule has 0 amide bonds. The predicted octanol–water partition coefficient (Wildman–Crippen LogP) is 0.701. The fourth-order valence-corrected chi connectivity index (χ4v) is 2.96. The Hall–Kier alpha value is -3.05. The largest absolute Gasteiger partial charge is 0.458 e. The molecule has 3 heterocycles. The van der Waals surface area contributed by atoms with Crippen molar-refractivity contribution in [2.75, 3.05) is 0 Å². The Labute approximate surface area is 137 Å². The van der Waals surface area contributed by atoms with Crippen LogP contribution in [0.1, 0.15) is 34.4 Å². The first kappa shape index (κ1) is 15.8. The molecule has 1 aliphatic heterocycles. The lowest BCUT2D eigenvalue weighted by molar-refractivity contribution is 0.231. The zero-order valence-electron chi connectivity index (χ0n) is 13.5. The molecule has 8 heteroatoms. The number of aryl methyl sites for hydroxylation is 2. The van der Waals surface area contributed by atoms with E-state index in [1.165, 1.54) is 0 Å². The summed E-state index contributed by atoms with van der Waals surface area (Å²) in [5, 5.41) is 23.2. The van der Waals surface area contributed by atoms with Crippen molar-refractivity contribution in [2.45, 2.75) is 26.4 Å². The first-order valence-electron chi connectivity index (χ1n) is 7.24. The SMILES string of the molecule is Cc1nn(C)c(C)c1C1C(C#N)=C(N)Oc2c1oc(CO)cc2=O. The summed E-state index contributed by atoms with van der Waals surface area (Å²) >= 11 is 0. The van der Waals surface area contributed by atoms with Crippen molar-refractivity contribution in [1.29, 1.82) is 5.26 Å². The number of aliphatic hydroxyl groups excluding tert-OH is 1. The second-order valence-electron chi connectivity index (χ2n) is 5.56. The van der Waals surface area contributed by atoms with Crippen LogP contribution in [0.2, 0.25) is 0 Å². The molecule has 24 heavy (non-hydrogen) atoms. The Kier molecular flexibility index (Phi) is 3.66. The molecular formula is C16H16N4O4. The molecule has 8 nitrogen and oxygen atoms in total. The van der Waals surface area contributed by atoms with Crippen LogP contribution in [0.3, 0.4) is 0 Å². The van der Waals surface area contributed by atoms with Crippen LogP contribution in [0.4, 0.5) is 0 Å². The van der Waals surface area contributed by atoms with Gasteiger partial charge in [0.1, 0.15) is 24.0 Å². The van der Waals surface area contributed by atoms with Gasteiger partial charge < -0.3 is 20.0 Å². The highest BCUT2D eigenvalue weighted by Gasteiger charge is 2.38. The standard InChI is InChI=1S/C16H16N4O4/c1-7-12(8(2)20(3)19-7)13-10(5-17)16(18)24-14-11(22)4-9(6-21)23-15(13)14/h4,13,21H,6,18H2,1-3H3. The van der Waals surface area contributed by atoms with E-state index in [0.29, 0.717) is 5.69 Å². The van der Waals surface area contributed by atoms with E-state index in [1.54, 1.807) is 18.7 Å². The summed E-state index contributed by atoms with van der Waals surface area (Å²) in [6.07, 6.45) is 0. The van der Waals surface area contributed by atoms with Crippen LogP contribution in [0.25, 0.3) is 0 Å². The Morgan fingerprint density at radius 2 is 2.21 bits per heavy atom. The number of hydrogen-bond acceptors (Lipinski definition) is 7. The van der Waals surface area contributed by atoms with Gasteiger partial charge in [0.25, 0.3) is 0 Å². The Morgan fingerprint density at radius 1 is 1.50 bits per heavy atom. The van der Waals surface area contributed by atoms with E-state index < -0.39 is 18.0 Å². The fourth-order valence-electron chi connectivity index (χ4n) is 2.96. The van der Waals surface area contributed by atoms with Crippen LogP contribution in [-0.2, 0) is 13.7 Å². The van der Waals surface area contributed by atoms with E-state index in [0.717, 1.165) is 17.3 Å². The van der Waals surface area contributed by atoms with E-state index in [4.69, 9.17) is 14.9 Å². The van der Waals surface area contributed by atoms with Crippen molar-refractivity contribution in [2.24, 2.45) is 12.8 Å². The second-order valence-corrected chi connectivity index (χ2v) is 5.56. The number of fused-ring (bicyclic) bond motifs is 1. The topological polar surface area (TPSA) is 127 Å². The predicted molar refractivity (Wildman–Crippen MR) is 82.9 cm³/mol. The molecule has 0 radical (unpaired) electrons. The highest BCUT2D eigenvalue weighted by Crippen LogP contribution is 2.42. The molecule has 0 spiro atoms. The van der Waals surface area contributed by atoms with Gasteiger partial charge in [-0.2, -0.15) is 10.4 Å². The number of nitrogens with two attached hydrogens (primary N) is 1. The lowest BCUT2D eigenvalue weighted by Gasteiger charge is -2.25. The molecule has 2 aromatic heterocycles. The number of nitriles is 1. The molecule has 3 rings (SSSR count). The summed E-state index contributed by atoms with van der Waals surface area (Å²) in [5.74, 6) is -0.689. The molecule has 0 bridgehead atoms. The number of aliphatic hydroxyl groups is 1. The number of hydrogen-bond donors (Lipinski definition) is 2. The third-order valence-corrected chi connectivity index (χ3v) is 4.14. The van der Waals surface area contributed by atoms with E-state index in [2.05, 4.69) is 5.10 Å². The molecule has 0 saturated heterocycles. The van der Waals surface area contributed by atoms with E-state index in [1.807, 2.05) is 13.0 Å². The van der Waals surface area contributed by atoms with Gasteiger partial charge in [0.05, 0.1) is 11.6 Å². The van der Waals surface area contributed by atoms with Crippen LogP contribution in [0, 0.1) is 25.2 Å². The van der Waals surface area contributed by atoms with Gasteiger partial charge in [0, 0.05) is 24.4 Å². The average Bonchev–Trinajstić information content (AvgIpc) is 2.79. The molecule has 1 aliphatic rings. The molecule has 0 aliphatic carbocycles. The zero-order chi connectivity index (χ0) is 17.6. The van der Waals surface area contributed by atoms with Crippen LogP contribution in [0.15, 0.2) is 26.7 Å². The second kappa shape index (κ2) is 5.54. The third kappa shape index (κ3) is 2.18. The summed E-state index contributed by atoms with van der Waals surface area (Å²) in [6.45, 7) is 3.21. The summed E-state index contributed by atoms with van der Waals surface area (Å²) in [5.41, 5.74) is 7.74. The first-order valence-corrected chi connectivity index (χ1v) is 7.24. The number of allylic oxidation sites excluding steroid dienone is 1. The molecular weight excluding hydrogens is 312 g/mol. The number of rotatable bonds is 2.